The highest BCUT2D eigenvalue weighted by Crippen LogP contribution is 2.35. The van der Waals surface area contributed by atoms with Gasteiger partial charge in [0, 0.05) is 37.1 Å². The fraction of sp³-hybridized carbons (Fsp3) is 0.350. The first-order valence-electron chi connectivity index (χ1n) is 9.13. The van der Waals surface area contributed by atoms with Crippen molar-refractivity contribution < 1.29 is 9.53 Å². The van der Waals surface area contributed by atoms with Crippen LogP contribution in [0.15, 0.2) is 33.9 Å². The predicted molar refractivity (Wildman–Crippen MR) is 106 cm³/mol. The number of carbonyl (C=O) groups excluding carboxylic acids is 1. The number of fused-ring (bicyclic) bond motifs is 2. The lowest BCUT2D eigenvalue weighted by Gasteiger charge is -2.24. The normalized spacial score (nSPS) is 16.3. The smallest absolute Gasteiger partial charge is 0.270 e. The lowest BCUT2D eigenvalue weighted by atomic mass is 9.87. The maximum atomic E-state index is 13.1. The highest BCUT2D eigenvalue weighted by molar-refractivity contribution is 5.94. The number of amides is 1. The Morgan fingerprint density at radius 1 is 1.18 bits per heavy atom. The highest BCUT2D eigenvalue weighted by atomic mass is 16.5. The van der Waals surface area contributed by atoms with Gasteiger partial charge in [0.05, 0.1) is 18.2 Å². The number of hydrogen-bond acceptors (Lipinski definition) is 4. The molecule has 0 saturated heterocycles. The number of hydrogen-bond donors (Lipinski definition) is 2. The van der Waals surface area contributed by atoms with Gasteiger partial charge in [-0.05, 0) is 37.4 Å². The average molecular weight is 382 g/mol. The topological polar surface area (TPSA) is 98.1 Å². The number of aryl methyl sites for hydroxylation is 1. The number of benzene rings is 1. The zero-order valence-corrected chi connectivity index (χ0v) is 16.2. The third-order valence-corrected chi connectivity index (χ3v) is 5.31. The summed E-state index contributed by atoms with van der Waals surface area (Å²) >= 11 is 0. The zero-order valence-electron chi connectivity index (χ0n) is 16.2. The maximum absolute atomic E-state index is 13.1. The Labute approximate surface area is 160 Å². The van der Waals surface area contributed by atoms with Crippen LogP contribution in [0.4, 0.5) is 5.82 Å². The molecule has 4 rings (SSSR count). The minimum atomic E-state index is -0.599. The van der Waals surface area contributed by atoms with E-state index in [1.165, 1.54) is 4.57 Å². The van der Waals surface area contributed by atoms with E-state index in [-0.39, 0.29) is 29.5 Å². The molecule has 1 aromatic carbocycles. The third-order valence-electron chi connectivity index (χ3n) is 5.31. The van der Waals surface area contributed by atoms with Gasteiger partial charge in [-0.25, -0.2) is 0 Å². The summed E-state index contributed by atoms with van der Waals surface area (Å²) in [6, 6.07) is 7.21. The van der Waals surface area contributed by atoms with E-state index < -0.39 is 5.92 Å². The molecule has 2 N–H and O–H groups in total. The summed E-state index contributed by atoms with van der Waals surface area (Å²) in [6.45, 7) is 3.82. The molecule has 2 aromatic heterocycles. The molecule has 3 aromatic rings. The van der Waals surface area contributed by atoms with Crippen molar-refractivity contribution in [3.05, 3.63) is 56.1 Å². The molecule has 8 heteroatoms. The number of rotatable bonds is 3. The monoisotopic (exact) mass is 382 g/mol. The Balaban J connectivity index is 1.97. The SMILES string of the molecule is COc1ccc2cc(C3CC(=O)Nc4c3c(=O)[nH]n4C(C)C)c(=O)n(C)c2c1. The summed E-state index contributed by atoms with van der Waals surface area (Å²) in [5.74, 6) is 0.277. The predicted octanol–water partition coefficient (Wildman–Crippen LogP) is 2.09. The van der Waals surface area contributed by atoms with Gasteiger partial charge in [0.1, 0.15) is 11.6 Å². The summed E-state index contributed by atoms with van der Waals surface area (Å²) in [6.07, 6.45) is 0.0507. The fourth-order valence-electron chi connectivity index (χ4n) is 3.88. The van der Waals surface area contributed by atoms with E-state index >= 15 is 0 Å². The van der Waals surface area contributed by atoms with E-state index in [1.807, 2.05) is 26.0 Å². The summed E-state index contributed by atoms with van der Waals surface area (Å²) in [7, 11) is 3.25. The number of aromatic amines is 1. The van der Waals surface area contributed by atoms with Crippen LogP contribution < -0.4 is 21.2 Å². The van der Waals surface area contributed by atoms with E-state index in [4.69, 9.17) is 4.74 Å². The second-order valence-electron chi connectivity index (χ2n) is 7.36. The van der Waals surface area contributed by atoms with E-state index in [9.17, 15) is 14.4 Å². The first kappa shape index (κ1) is 18.1. The number of anilines is 1. The van der Waals surface area contributed by atoms with E-state index in [1.54, 1.807) is 31.0 Å². The second-order valence-corrected chi connectivity index (χ2v) is 7.36. The second kappa shape index (κ2) is 6.40. The van der Waals surface area contributed by atoms with Crippen molar-refractivity contribution in [2.75, 3.05) is 12.4 Å². The molecule has 0 fully saturated rings. The molecule has 3 heterocycles. The molecule has 28 heavy (non-hydrogen) atoms. The van der Waals surface area contributed by atoms with Gasteiger partial charge in [0.2, 0.25) is 5.91 Å². The molecule has 1 unspecified atom stereocenters. The average Bonchev–Trinajstić information content (AvgIpc) is 3.00. The van der Waals surface area contributed by atoms with Crippen molar-refractivity contribution in [1.29, 1.82) is 0 Å². The molecule has 8 nitrogen and oxygen atoms in total. The number of methoxy groups -OCH3 is 1. The number of pyridine rings is 1. The van der Waals surface area contributed by atoms with Crippen LogP contribution in [0.25, 0.3) is 10.9 Å². The van der Waals surface area contributed by atoms with Crippen molar-refractivity contribution in [2.45, 2.75) is 32.2 Å². The summed E-state index contributed by atoms with van der Waals surface area (Å²) < 4.78 is 8.42. The molecule has 0 radical (unpaired) electrons. The zero-order chi connectivity index (χ0) is 20.2. The summed E-state index contributed by atoms with van der Waals surface area (Å²) in [5, 5.41) is 6.40. The van der Waals surface area contributed by atoms with Gasteiger partial charge in [-0.15, -0.1) is 0 Å². The minimum Gasteiger partial charge on any atom is -0.497 e. The van der Waals surface area contributed by atoms with Gasteiger partial charge in [0.15, 0.2) is 0 Å². The molecule has 1 aliphatic heterocycles. The van der Waals surface area contributed by atoms with Crippen molar-refractivity contribution in [3.63, 3.8) is 0 Å². The van der Waals surface area contributed by atoms with Crippen molar-refractivity contribution in [1.82, 2.24) is 14.3 Å². The molecule has 146 valence electrons. The van der Waals surface area contributed by atoms with Crippen LogP contribution >= 0.6 is 0 Å². The highest BCUT2D eigenvalue weighted by Gasteiger charge is 2.34. The fourth-order valence-corrected chi connectivity index (χ4v) is 3.88. The van der Waals surface area contributed by atoms with Gasteiger partial charge in [0.25, 0.3) is 11.1 Å². The molecule has 1 aliphatic rings. The van der Waals surface area contributed by atoms with Gasteiger partial charge in [-0.1, -0.05) is 0 Å². The van der Waals surface area contributed by atoms with Crippen LogP contribution in [0.2, 0.25) is 0 Å². The van der Waals surface area contributed by atoms with Crippen LogP contribution in [0.5, 0.6) is 5.75 Å². The number of carbonyl (C=O) groups is 1. The van der Waals surface area contributed by atoms with Crippen LogP contribution in [0, 0.1) is 0 Å². The first-order chi connectivity index (χ1) is 13.3. The first-order valence-corrected chi connectivity index (χ1v) is 9.13. The van der Waals surface area contributed by atoms with Gasteiger partial charge < -0.3 is 14.6 Å². The molecular weight excluding hydrogens is 360 g/mol. The Morgan fingerprint density at radius 3 is 2.61 bits per heavy atom. The van der Waals surface area contributed by atoms with Gasteiger partial charge >= 0.3 is 0 Å². The van der Waals surface area contributed by atoms with Crippen LogP contribution in [-0.4, -0.2) is 27.4 Å². The summed E-state index contributed by atoms with van der Waals surface area (Å²) in [4.78, 5) is 38.2. The minimum absolute atomic E-state index is 0.0394. The molecule has 1 atom stereocenters. The van der Waals surface area contributed by atoms with Crippen LogP contribution in [-0.2, 0) is 11.8 Å². The molecule has 0 spiro atoms. The van der Waals surface area contributed by atoms with Gasteiger partial charge in [-0.2, -0.15) is 0 Å². The standard InChI is InChI=1S/C20H22N4O4/c1-10(2)24-18-17(19(26)22-24)13(9-16(25)21-18)14-7-11-5-6-12(28-4)8-15(11)23(3)20(14)27/h5-8,10,13H,9H2,1-4H3,(H,21,25)(H,22,26). The quantitative estimate of drug-likeness (QED) is 0.725. The van der Waals surface area contributed by atoms with E-state index in [2.05, 4.69) is 10.4 Å². The Hall–Kier alpha value is -3.29. The maximum Gasteiger partial charge on any atom is 0.270 e. The number of H-pyrrole nitrogens is 1. The van der Waals surface area contributed by atoms with Crippen molar-refractivity contribution >= 4 is 22.6 Å². The molecule has 0 aliphatic carbocycles. The largest absolute Gasteiger partial charge is 0.497 e. The lowest BCUT2D eigenvalue weighted by molar-refractivity contribution is -0.116. The summed E-state index contributed by atoms with van der Waals surface area (Å²) in [5.41, 5.74) is 1.07. The lowest BCUT2D eigenvalue weighted by Crippen LogP contribution is -2.32. The van der Waals surface area contributed by atoms with Gasteiger partial charge in [-0.3, -0.25) is 24.2 Å². The molecule has 0 saturated carbocycles. The molecule has 0 bridgehead atoms. The van der Waals surface area contributed by atoms with Crippen molar-refractivity contribution in [2.24, 2.45) is 7.05 Å². The Morgan fingerprint density at radius 2 is 1.93 bits per heavy atom. The Kier molecular flexibility index (Phi) is 4.14. The van der Waals surface area contributed by atoms with Crippen molar-refractivity contribution in [3.8, 4) is 5.75 Å². The number of nitrogens with zero attached hydrogens (tertiary/aromatic N) is 2. The number of nitrogens with one attached hydrogen (secondary N) is 2. The van der Waals surface area contributed by atoms with E-state index in [0.717, 1.165) is 10.9 Å². The van der Waals surface area contributed by atoms with Crippen LogP contribution in [0.1, 0.15) is 43.4 Å². The number of aromatic nitrogens is 3. The number of ether oxygens (including phenoxy) is 1. The molecular formula is C20H22N4O4. The van der Waals surface area contributed by atoms with Crippen LogP contribution in [0.3, 0.4) is 0 Å². The Bertz CT molecular complexity index is 1220. The van der Waals surface area contributed by atoms with E-state index in [0.29, 0.717) is 22.7 Å². The molecule has 1 amide bonds. The third kappa shape index (κ3) is 2.64.